The molecule has 0 radical (unpaired) electrons. The van der Waals surface area contributed by atoms with Crippen LogP contribution in [-0.2, 0) is 6.51 Å². The van der Waals surface area contributed by atoms with Crippen LogP contribution in [-0.4, -0.2) is 14.4 Å². The van der Waals surface area contributed by atoms with E-state index in [9.17, 15) is 0 Å². The zero-order valence-electron chi connectivity index (χ0n) is 18.1. The Morgan fingerprint density at radius 2 is 0.880 bits per heavy atom. The normalized spacial score (nSPS) is 102. The zero-order valence-corrected chi connectivity index (χ0v) is 20.1. The number of fused-ring (bicyclic) bond motifs is 10. The maximum atomic E-state index is 2.93. The molecular formula is C23H37FeP. The SMILES string of the molecule is CC(C)(C)P(C(C)(C)C)[C]12[CH]3[CH]4[CH]5[CH]1[Fe]45321678[C]2(C)[C]1(C)[C]6(C)[C]7(C)[C]28C. The molecule has 10 heterocycles. The molecule has 4 unspecified atom stereocenters. The molecule has 0 aliphatic carbocycles. The van der Waals surface area contributed by atoms with E-state index in [1.807, 2.05) is 0 Å². The third-order valence-corrected chi connectivity index (χ3v) is 80.0. The van der Waals surface area contributed by atoms with Gasteiger partial charge in [-0.3, -0.25) is 0 Å². The monoisotopic (exact) mass is 400 g/mol. The molecule has 0 nitrogen and oxygen atoms in total. The molecule has 10 rings (SSSR count). The maximum absolute atomic E-state index is 3.72. The Hall–Kier alpha value is 0.949. The van der Waals surface area contributed by atoms with Gasteiger partial charge in [0.05, 0.1) is 0 Å². The molecule has 25 heavy (non-hydrogen) atoms. The van der Waals surface area contributed by atoms with Gasteiger partial charge in [0, 0.05) is 0 Å². The fourth-order valence-corrected chi connectivity index (χ4v) is 134. The van der Waals surface area contributed by atoms with Crippen molar-refractivity contribution in [3.8, 4) is 0 Å². The number of hydrogen-bond donors (Lipinski definition) is 0. The first-order chi connectivity index (χ1) is 10.9. The molecule has 0 amide bonds. The van der Waals surface area contributed by atoms with Gasteiger partial charge in [0.1, 0.15) is 0 Å². The van der Waals surface area contributed by atoms with E-state index in [0.717, 1.165) is 25.6 Å². The van der Waals surface area contributed by atoms with Crippen molar-refractivity contribution in [2.24, 2.45) is 0 Å². The van der Waals surface area contributed by atoms with Crippen LogP contribution >= 0.6 is 7.92 Å². The van der Waals surface area contributed by atoms with E-state index in [1.165, 1.54) is 19.3 Å². The van der Waals surface area contributed by atoms with Gasteiger partial charge in [-0.2, -0.15) is 0 Å². The molecule has 0 N–H and O–H groups in total. The standard InChI is InChI=1S/C13H22P.C10H15.Fe/c1-12(2,3)14(13(4,5)6)11-9-7-8-10-11;1-6-7(2)9(4)10(5)8(6)3;/h7-10H,1-6H3;1-5H3;. The Morgan fingerprint density at radius 3 is 1.00 bits per heavy atom. The van der Waals surface area contributed by atoms with Crippen LogP contribution in [0.15, 0.2) is 0 Å². The van der Waals surface area contributed by atoms with Gasteiger partial charge in [0.15, 0.2) is 0 Å². The van der Waals surface area contributed by atoms with Crippen molar-refractivity contribution >= 4 is 7.92 Å². The average molecular weight is 400 g/mol. The van der Waals surface area contributed by atoms with Crippen molar-refractivity contribution in [3.05, 3.63) is 0 Å². The summed E-state index contributed by atoms with van der Waals surface area (Å²) >= 11 is 0. The zero-order chi connectivity index (χ0) is 18.2. The van der Waals surface area contributed by atoms with Crippen molar-refractivity contribution in [1.29, 1.82) is 0 Å². The molecule has 0 saturated carbocycles. The first-order valence-electron chi connectivity index (χ1n) is 10.9. The summed E-state index contributed by atoms with van der Waals surface area (Å²) < 4.78 is 5.40. The molecule has 10 aliphatic heterocycles. The molecule has 0 aromatic carbocycles. The van der Waals surface area contributed by atoms with Crippen LogP contribution in [0.1, 0.15) is 76.2 Å². The summed E-state index contributed by atoms with van der Waals surface area (Å²) in [6.07, 6.45) is 0. The summed E-state index contributed by atoms with van der Waals surface area (Å²) in [6.45, 7) is 26.8. The summed E-state index contributed by atoms with van der Waals surface area (Å²) in [7, 11) is 0.0807. The molecule has 142 valence electrons. The van der Waals surface area contributed by atoms with E-state index in [1.54, 1.807) is 0 Å². The number of rotatable bonds is 1. The molecular weight excluding hydrogens is 363 g/mol. The molecule has 4 atom stereocenters. The minimum absolute atomic E-state index is 0.0807. The molecule has 1 spiro atoms. The topological polar surface area (TPSA) is 0 Å². The van der Waals surface area contributed by atoms with Crippen LogP contribution in [0.4, 0.5) is 0 Å². The van der Waals surface area contributed by atoms with Gasteiger partial charge in [0.25, 0.3) is 0 Å². The van der Waals surface area contributed by atoms with Crippen molar-refractivity contribution in [2.75, 3.05) is 0 Å². The van der Waals surface area contributed by atoms with Crippen molar-refractivity contribution in [2.45, 2.75) is 131 Å². The second-order valence-electron chi connectivity index (χ2n) is 16.4. The Labute approximate surface area is 145 Å². The van der Waals surface area contributed by atoms with Gasteiger partial charge in [-0.15, -0.1) is 0 Å². The van der Waals surface area contributed by atoms with Gasteiger partial charge >= 0.3 is 146 Å². The predicted molar refractivity (Wildman–Crippen MR) is 106 cm³/mol. The second kappa shape index (κ2) is 1.21. The van der Waals surface area contributed by atoms with Crippen LogP contribution < -0.4 is 0 Å². The Kier molecular flexibility index (Phi) is 0.638. The van der Waals surface area contributed by atoms with Crippen LogP contribution in [0.5, 0.6) is 0 Å². The van der Waals surface area contributed by atoms with Crippen LogP contribution in [0.2, 0.25) is 40.8 Å². The van der Waals surface area contributed by atoms with Gasteiger partial charge in [0.2, 0.25) is 0 Å². The molecule has 0 aromatic rings. The summed E-state index contributed by atoms with van der Waals surface area (Å²) in [5.74, 6) is 0. The third-order valence-electron chi connectivity index (χ3n) is 21.3. The van der Waals surface area contributed by atoms with E-state index < -0.39 is 6.51 Å². The first-order valence-corrected chi connectivity index (χ1v) is 18.1. The molecule has 0 aromatic heterocycles. The van der Waals surface area contributed by atoms with E-state index >= 15 is 0 Å². The van der Waals surface area contributed by atoms with Crippen LogP contribution in [0, 0.1) is 0 Å². The molecule has 10 saturated heterocycles. The summed E-state index contributed by atoms with van der Waals surface area (Å²) in [5.41, 5.74) is 0. The van der Waals surface area contributed by atoms with E-state index in [-0.39, 0.29) is 7.92 Å². The van der Waals surface area contributed by atoms with Gasteiger partial charge in [-0.05, 0) is 0 Å². The predicted octanol–water partition coefficient (Wildman–Crippen LogP) is 8.31. The Morgan fingerprint density at radius 1 is 0.600 bits per heavy atom. The van der Waals surface area contributed by atoms with Gasteiger partial charge in [-0.1, -0.05) is 0 Å². The second-order valence-corrected chi connectivity index (χ2v) is 44.2. The van der Waals surface area contributed by atoms with Crippen molar-refractivity contribution in [1.82, 2.24) is 0 Å². The van der Waals surface area contributed by atoms with Crippen molar-refractivity contribution < 1.29 is 6.51 Å². The van der Waals surface area contributed by atoms with E-state index in [2.05, 4.69) is 76.2 Å². The number of hydrogen-bond acceptors (Lipinski definition) is 0. The summed E-state index contributed by atoms with van der Waals surface area (Å²) in [5, 5.41) is 1.06. The van der Waals surface area contributed by atoms with E-state index in [4.69, 9.17) is 0 Å². The van der Waals surface area contributed by atoms with Crippen molar-refractivity contribution in [3.63, 3.8) is 0 Å². The third kappa shape index (κ3) is 0.144. The molecule has 10 aliphatic rings. The average Bonchev–Trinajstić information content (AvgIpc) is 3.38. The Bertz CT molecular complexity index is 1210. The van der Waals surface area contributed by atoms with Crippen LogP contribution in [0.25, 0.3) is 0 Å². The summed E-state index contributed by atoms with van der Waals surface area (Å²) in [6, 6.07) is 0. The van der Waals surface area contributed by atoms with E-state index in [0.29, 0.717) is 10.3 Å². The quantitative estimate of drug-likeness (QED) is 0.307. The minimum atomic E-state index is -3.72. The van der Waals surface area contributed by atoms with Gasteiger partial charge in [-0.25, -0.2) is 0 Å². The Balaban J connectivity index is 1.53. The van der Waals surface area contributed by atoms with Crippen LogP contribution in [0.3, 0.4) is 0 Å². The summed E-state index contributed by atoms with van der Waals surface area (Å²) in [4.78, 5) is 5.36. The fourth-order valence-electron chi connectivity index (χ4n) is 26.2. The fraction of sp³-hybridized carbons (Fsp3) is 1.00. The molecule has 10 fully saturated rings. The van der Waals surface area contributed by atoms with Gasteiger partial charge < -0.3 is 0 Å². The molecule has 2 heteroatoms. The molecule has 0 bridgehead atoms. The first kappa shape index (κ1) is 13.2.